The number of esters is 2. The number of carbonyl (C=O) groups excluding carboxylic acids is 2. The summed E-state index contributed by atoms with van der Waals surface area (Å²) in [5.74, 6) is 3.93. The normalized spacial score (nSPS) is 23.9. The van der Waals surface area contributed by atoms with E-state index in [1.165, 1.54) is 24.7 Å². The molecule has 12 heteroatoms. The minimum absolute atomic E-state index is 0.0558. The molecule has 0 bridgehead atoms. The number of halogens is 2. The third-order valence-corrected chi connectivity index (χ3v) is 5.56. The first-order valence-corrected chi connectivity index (χ1v) is 10.8. The minimum Gasteiger partial charge on any atom is -0.459 e. The molecule has 1 fully saturated rings. The summed E-state index contributed by atoms with van der Waals surface area (Å²) in [5, 5.41) is 16.0. The second-order valence-electron chi connectivity index (χ2n) is 7.32. The molecule has 0 amide bonds. The second kappa shape index (κ2) is 9.56. The highest BCUT2D eigenvalue weighted by Crippen LogP contribution is 2.41. The van der Waals surface area contributed by atoms with E-state index in [2.05, 4.69) is 26.9 Å². The quantitative estimate of drug-likeness (QED) is 0.241. The summed E-state index contributed by atoms with van der Waals surface area (Å²) in [6, 6.07) is 8.31. The summed E-state index contributed by atoms with van der Waals surface area (Å²) in [6.45, 7) is 2.29. The number of hydrogen-bond donors (Lipinski definition) is 1. The van der Waals surface area contributed by atoms with E-state index >= 15 is 0 Å². The number of rotatable bonds is 5. The molecule has 2 aromatic heterocycles. The third-order valence-electron chi connectivity index (χ3n) is 5.10. The van der Waals surface area contributed by atoms with Crippen LogP contribution in [0.3, 0.4) is 0 Å². The molecule has 1 saturated heterocycles. The second-order valence-corrected chi connectivity index (χ2v) is 8.02. The Morgan fingerprint density at radius 1 is 1.26 bits per heavy atom. The molecule has 4 rings (SSSR count). The van der Waals surface area contributed by atoms with Crippen molar-refractivity contribution in [3.63, 3.8) is 0 Å². The molecule has 0 unspecified atom stereocenters. The number of aromatic nitrogens is 4. The van der Waals surface area contributed by atoms with Crippen molar-refractivity contribution in [2.45, 2.75) is 37.9 Å². The van der Waals surface area contributed by atoms with Crippen molar-refractivity contribution < 1.29 is 28.9 Å². The lowest BCUT2D eigenvalue weighted by molar-refractivity contribution is -0.159. The fourth-order valence-corrected chi connectivity index (χ4v) is 4.06. The Kier molecular flexibility index (Phi) is 6.72. The number of ether oxygens (including phenoxy) is 3. The van der Waals surface area contributed by atoms with Gasteiger partial charge in [0, 0.05) is 6.92 Å². The Balaban J connectivity index is 1.71. The van der Waals surface area contributed by atoms with Gasteiger partial charge in [-0.15, -0.1) is 5.92 Å². The van der Waals surface area contributed by atoms with Crippen molar-refractivity contribution in [2.75, 3.05) is 6.61 Å². The van der Waals surface area contributed by atoms with Gasteiger partial charge >= 0.3 is 11.9 Å². The molecule has 1 aliphatic heterocycles. The first-order chi connectivity index (χ1) is 16.2. The van der Waals surface area contributed by atoms with E-state index in [1.807, 2.05) is 0 Å². The number of nitrogens with zero attached hydrogens (tertiary/aromatic N) is 4. The first kappa shape index (κ1) is 23.9. The minimum atomic E-state index is -2.04. The third kappa shape index (κ3) is 4.43. The van der Waals surface area contributed by atoms with Crippen LogP contribution >= 0.6 is 23.2 Å². The molecule has 1 aliphatic rings. The van der Waals surface area contributed by atoms with E-state index in [0.717, 1.165) is 0 Å². The molecular formula is C22H18Cl2N4O6. The molecule has 0 aliphatic carbocycles. The molecule has 4 atom stereocenters. The number of carbonyl (C=O) groups is 2. The van der Waals surface area contributed by atoms with Gasteiger partial charge in [-0.1, -0.05) is 35.7 Å². The summed E-state index contributed by atoms with van der Waals surface area (Å²) >= 11 is 12.1. The van der Waals surface area contributed by atoms with E-state index in [1.54, 1.807) is 30.3 Å². The smallest absolute Gasteiger partial charge is 0.338 e. The van der Waals surface area contributed by atoms with Crippen LogP contribution in [0, 0.1) is 11.8 Å². The summed E-state index contributed by atoms with van der Waals surface area (Å²) < 4.78 is 18.1. The maximum absolute atomic E-state index is 12.4. The van der Waals surface area contributed by atoms with Crippen molar-refractivity contribution in [1.82, 2.24) is 19.7 Å². The molecule has 3 heterocycles. The van der Waals surface area contributed by atoms with Gasteiger partial charge in [0.05, 0.1) is 17.1 Å². The first-order valence-electron chi connectivity index (χ1n) is 10.0. The lowest BCUT2D eigenvalue weighted by Gasteiger charge is -2.28. The van der Waals surface area contributed by atoms with E-state index in [9.17, 15) is 14.7 Å². The lowest BCUT2D eigenvalue weighted by atomic mass is 9.92. The predicted octanol–water partition coefficient (Wildman–Crippen LogP) is 2.57. The fourth-order valence-electron chi connectivity index (χ4n) is 3.64. The van der Waals surface area contributed by atoms with Gasteiger partial charge in [-0.25, -0.2) is 14.5 Å². The van der Waals surface area contributed by atoms with Crippen LogP contribution in [-0.4, -0.2) is 61.2 Å². The van der Waals surface area contributed by atoms with Gasteiger partial charge in [0.1, 0.15) is 17.9 Å². The lowest BCUT2D eigenvalue weighted by Crippen LogP contribution is -2.50. The monoisotopic (exact) mass is 504 g/mol. The van der Waals surface area contributed by atoms with E-state index in [4.69, 9.17) is 37.4 Å². The molecule has 1 N–H and O–H groups in total. The molecule has 176 valence electrons. The van der Waals surface area contributed by atoms with Crippen molar-refractivity contribution in [1.29, 1.82) is 0 Å². The highest BCUT2D eigenvalue weighted by Gasteiger charge is 2.59. The van der Waals surface area contributed by atoms with Crippen molar-refractivity contribution in [3.05, 3.63) is 52.5 Å². The molecular weight excluding hydrogens is 487 g/mol. The molecule has 1 aromatic carbocycles. The average molecular weight is 505 g/mol. The highest BCUT2D eigenvalue weighted by atomic mass is 35.5. The highest BCUT2D eigenvalue weighted by molar-refractivity contribution is 6.35. The molecule has 0 saturated carbocycles. The van der Waals surface area contributed by atoms with Gasteiger partial charge in [-0.3, -0.25) is 4.79 Å². The van der Waals surface area contributed by atoms with E-state index in [0.29, 0.717) is 10.9 Å². The van der Waals surface area contributed by atoms with Gasteiger partial charge in [-0.2, -0.15) is 10.1 Å². The van der Waals surface area contributed by atoms with Crippen molar-refractivity contribution >= 4 is 46.2 Å². The molecule has 0 radical (unpaired) electrons. The standard InChI is InChI=1S/C22H18Cl2N4O6/c1-3-9-22(31)15(11-32-20(30)13-7-5-4-6-8-13)34-19(16(22)33-12(2)29)28-18-14(10-25-28)17(23)26-21(24)27-18/h4-8,10,15-16,19,31H,11H2,1-2H3/t15-,16+,19-,22-/m1/s1. The summed E-state index contributed by atoms with van der Waals surface area (Å²) in [6.07, 6.45) is -2.37. The Morgan fingerprint density at radius 2 is 2.00 bits per heavy atom. The Labute approximate surface area is 203 Å². The average Bonchev–Trinajstić information content (AvgIpc) is 3.32. The predicted molar refractivity (Wildman–Crippen MR) is 120 cm³/mol. The van der Waals surface area contributed by atoms with Crippen LogP contribution in [0.2, 0.25) is 10.4 Å². The summed E-state index contributed by atoms with van der Waals surface area (Å²) in [5.41, 5.74) is -1.54. The maximum Gasteiger partial charge on any atom is 0.338 e. The van der Waals surface area contributed by atoms with Crippen LogP contribution in [0.25, 0.3) is 11.0 Å². The van der Waals surface area contributed by atoms with E-state index in [-0.39, 0.29) is 22.7 Å². The zero-order chi connectivity index (χ0) is 24.5. The number of hydrogen-bond acceptors (Lipinski definition) is 9. The van der Waals surface area contributed by atoms with Gasteiger partial charge in [0.25, 0.3) is 0 Å². The zero-order valence-electron chi connectivity index (χ0n) is 17.9. The summed E-state index contributed by atoms with van der Waals surface area (Å²) in [4.78, 5) is 32.4. The van der Waals surface area contributed by atoms with Crippen LogP contribution < -0.4 is 0 Å². The fraction of sp³-hybridized carbons (Fsp3) is 0.318. The topological polar surface area (TPSA) is 126 Å². The Bertz CT molecular complexity index is 1310. The molecule has 3 aromatic rings. The van der Waals surface area contributed by atoms with Crippen LogP contribution in [-0.2, 0) is 19.0 Å². The number of fused-ring (bicyclic) bond motifs is 1. The molecule has 10 nitrogen and oxygen atoms in total. The van der Waals surface area contributed by atoms with Crippen LogP contribution in [0.1, 0.15) is 30.4 Å². The maximum atomic E-state index is 12.4. The van der Waals surface area contributed by atoms with Gasteiger partial charge in [0.15, 0.2) is 23.6 Å². The number of benzene rings is 1. The van der Waals surface area contributed by atoms with E-state index < -0.39 is 36.0 Å². The molecule has 0 spiro atoms. The zero-order valence-corrected chi connectivity index (χ0v) is 19.4. The van der Waals surface area contributed by atoms with Gasteiger partial charge in [-0.05, 0) is 30.7 Å². The molecule has 34 heavy (non-hydrogen) atoms. The van der Waals surface area contributed by atoms with Gasteiger partial charge < -0.3 is 19.3 Å². The largest absolute Gasteiger partial charge is 0.459 e. The SMILES string of the molecule is CC#C[C@@]1(O)[C@@H](COC(=O)c2ccccc2)O[C@@H](n2ncc3c(Cl)nc(Cl)nc32)[C@@H]1OC(C)=O. The Morgan fingerprint density at radius 3 is 2.68 bits per heavy atom. The van der Waals surface area contributed by atoms with Crippen molar-refractivity contribution in [3.8, 4) is 11.8 Å². The Hall–Kier alpha value is -3.23. The summed E-state index contributed by atoms with van der Waals surface area (Å²) in [7, 11) is 0. The number of aliphatic hydroxyl groups is 1. The van der Waals surface area contributed by atoms with Crippen LogP contribution in [0.15, 0.2) is 36.5 Å². The van der Waals surface area contributed by atoms with Crippen LogP contribution in [0.4, 0.5) is 0 Å². The van der Waals surface area contributed by atoms with Gasteiger partial charge in [0.2, 0.25) is 5.28 Å². The van der Waals surface area contributed by atoms with Crippen LogP contribution in [0.5, 0.6) is 0 Å². The van der Waals surface area contributed by atoms with Crippen molar-refractivity contribution in [2.24, 2.45) is 0 Å².